The van der Waals surface area contributed by atoms with E-state index in [-0.39, 0.29) is 0 Å². The number of nitrogens with one attached hydrogen (secondary N) is 1. The Balaban J connectivity index is 2.87. The van der Waals surface area contributed by atoms with E-state index in [2.05, 4.69) is 25.4 Å². The molecular formula is C12H27NOS. The van der Waals surface area contributed by atoms with Gasteiger partial charge in [0.25, 0.3) is 0 Å². The molecule has 0 fully saturated rings. The highest BCUT2D eigenvalue weighted by Gasteiger charge is 1.93. The zero-order chi connectivity index (χ0) is 11.4. The van der Waals surface area contributed by atoms with Crippen LogP contribution in [0.1, 0.15) is 33.1 Å². The zero-order valence-electron chi connectivity index (χ0n) is 10.6. The summed E-state index contributed by atoms with van der Waals surface area (Å²) in [4.78, 5) is 0. The van der Waals surface area contributed by atoms with Crippen molar-refractivity contribution >= 4 is 11.8 Å². The summed E-state index contributed by atoms with van der Waals surface area (Å²) in [6.07, 6.45) is 5.93. The van der Waals surface area contributed by atoms with E-state index < -0.39 is 0 Å². The minimum atomic E-state index is 0.657. The molecule has 0 bridgehead atoms. The lowest BCUT2D eigenvalue weighted by Gasteiger charge is -2.07. The van der Waals surface area contributed by atoms with Crippen LogP contribution < -0.4 is 5.32 Å². The molecule has 0 aromatic heterocycles. The van der Waals surface area contributed by atoms with Gasteiger partial charge in [-0.05, 0) is 50.3 Å². The minimum Gasteiger partial charge on any atom is -0.381 e. The van der Waals surface area contributed by atoms with Crippen molar-refractivity contribution in [3.05, 3.63) is 0 Å². The van der Waals surface area contributed by atoms with E-state index in [4.69, 9.17) is 4.74 Å². The maximum atomic E-state index is 5.50. The van der Waals surface area contributed by atoms with Crippen LogP contribution in [0, 0.1) is 5.92 Å². The molecule has 0 spiro atoms. The summed E-state index contributed by atoms with van der Waals surface area (Å²) < 4.78 is 5.50. The summed E-state index contributed by atoms with van der Waals surface area (Å²) in [6, 6.07) is 0. The largest absolute Gasteiger partial charge is 0.381 e. The molecular weight excluding hydrogens is 206 g/mol. The maximum absolute atomic E-state index is 5.50. The Morgan fingerprint density at radius 3 is 2.53 bits per heavy atom. The lowest BCUT2D eigenvalue weighted by Crippen LogP contribution is -2.18. The molecule has 0 aliphatic rings. The van der Waals surface area contributed by atoms with E-state index in [1.807, 2.05) is 11.8 Å². The lowest BCUT2D eigenvalue weighted by molar-refractivity contribution is 0.108. The number of rotatable bonds is 11. The van der Waals surface area contributed by atoms with Crippen LogP contribution in [0.5, 0.6) is 0 Å². The summed E-state index contributed by atoms with van der Waals surface area (Å²) in [6.45, 7) is 8.42. The second-order valence-electron chi connectivity index (χ2n) is 4.27. The van der Waals surface area contributed by atoms with Crippen LogP contribution in [0.3, 0.4) is 0 Å². The molecule has 0 atom stereocenters. The van der Waals surface area contributed by atoms with Gasteiger partial charge in [0.2, 0.25) is 0 Å². The van der Waals surface area contributed by atoms with E-state index in [0.29, 0.717) is 5.92 Å². The molecule has 0 saturated heterocycles. The second-order valence-corrected chi connectivity index (χ2v) is 5.26. The summed E-state index contributed by atoms with van der Waals surface area (Å²) in [5, 5.41) is 3.44. The third-order valence-corrected chi connectivity index (χ3v) is 2.74. The molecule has 0 unspecified atom stereocenters. The topological polar surface area (TPSA) is 21.3 Å². The predicted octanol–water partition coefficient (Wildman–Crippen LogP) is 2.78. The Kier molecular flexibility index (Phi) is 12.6. The molecule has 0 aliphatic heterocycles. The average Bonchev–Trinajstić information content (AvgIpc) is 2.20. The van der Waals surface area contributed by atoms with E-state index >= 15 is 0 Å². The first-order valence-electron chi connectivity index (χ1n) is 6.04. The molecule has 0 saturated carbocycles. The second kappa shape index (κ2) is 12.3. The molecule has 0 radical (unpaired) electrons. The van der Waals surface area contributed by atoms with Gasteiger partial charge in [-0.3, -0.25) is 0 Å². The summed E-state index contributed by atoms with van der Waals surface area (Å²) in [5.41, 5.74) is 0. The Labute approximate surface area is 99.5 Å². The smallest absolute Gasteiger partial charge is 0.0489 e. The van der Waals surface area contributed by atoms with Crippen molar-refractivity contribution in [3.63, 3.8) is 0 Å². The van der Waals surface area contributed by atoms with Crippen molar-refractivity contribution in [2.45, 2.75) is 33.1 Å². The third-order valence-electron chi connectivity index (χ3n) is 2.05. The van der Waals surface area contributed by atoms with Crippen molar-refractivity contribution in [1.82, 2.24) is 5.32 Å². The fraction of sp³-hybridized carbons (Fsp3) is 1.00. The van der Waals surface area contributed by atoms with Crippen molar-refractivity contribution in [1.29, 1.82) is 0 Å². The molecule has 0 heterocycles. The van der Waals surface area contributed by atoms with Gasteiger partial charge in [-0.15, -0.1) is 0 Å². The van der Waals surface area contributed by atoms with Gasteiger partial charge in [-0.2, -0.15) is 11.8 Å². The van der Waals surface area contributed by atoms with Crippen LogP contribution >= 0.6 is 11.8 Å². The third kappa shape index (κ3) is 14.3. The molecule has 1 N–H and O–H groups in total. The average molecular weight is 233 g/mol. The fourth-order valence-electron chi connectivity index (χ4n) is 1.24. The fourth-order valence-corrected chi connectivity index (χ4v) is 1.73. The highest BCUT2D eigenvalue weighted by atomic mass is 32.2. The van der Waals surface area contributed by atoms with E-state index in [1.54, 1.807) is 0 Å². The molecule has 0 aliphatic carbocycles. The first-order valence-corrected chi connectivity index (χ1v) is 7.44. The molecule has 2 nitrogen and oxygen atoms in total. The Morgan fingerprint density at radius 1 is 1.13 bits per heavy atom. The van der Waals surface area contributed by atoms with Gasteiger partial charge >= 0.3 is 0 Å². The van der Waals surface area contributed by atoms with Gasteiger partial charge in [0, 0.05) is 13.2 Å². The first-order chi connectivity index (χ1) is 7.27. The summed E-state index contributed by atoms with van der Waals surface area (Å²) >= 11 is 1.93. The summed E-state index contributed by atoms with van der Waals surface area (Å²) in [5.74, 6) is 1.95. The Hall–Kier alpha value is 0.270. The van der Waals surface area contributed by atoms with Crippen LogP contribution in [0.15, 0.2) is 0 Å². The van der Waals surface area contributed by atoms with E-state index in [0.717, 1.165) is 32.7 Å². The summed E-state index contributed by atoms with van der Waals surface area (Å²) in [7, 11) is 0. The number of unbranched alkanes of at least 4 members (excludes halogenated alkanes) is 1. The van der Waals surface area contributed by atoms with Gasteiger partial charge < -0.3 is 10.1 Å². The molecule has 0 aromatic carbocycles. The van der Waals surface area contributed by atoms with Gasteiger partial charge in [-0.25, -0.2) is 0 Å². The SMILES string of the molecule is CSCCCCNCCCOCC(C)C. The zero-order valence-corrected chi connectivity index (χ0v) is 11.4. The molecule has 0 amide bonds. The number of ether oxygens (including phenoxy) is 1. The molecule has 0 aromatic rings. The first kappa shape index (κ1) is 15.3. The molecule has 3 heteroatoms. The quantitative estimate of drug-likeness (QED) is 0.555. The van der Waals surface area contributed by atoms with Crippen molar-refractivity contribution in [3.8, 4) is 0 Å². The number of hydrogen-bond acceptors (Lipinski definition) is 3. The molecule has 92 valence electrons. The Bertz CT molecular complexity index is 120. The van der Waals surface area contributed by atoms with Gasteiger partial charge in [0.05, 0.1) is 0 Å². The maximum Gasteiger partial charge on any atom is 0.0489 e. The predicted molar refractivity (Wildman–Crippen MR) is 70.8 cm³/mol. The van der Waals surface area contributed by atoms with Crippen molar-refractivity contribution < 1.29 is 4.74 Å². The molecule has 15 heavy (non-hydrogen) atoms. The van der Waals surface area contributed by atoms with Gasteiger partial charge in [-0.1, -0.05) is 13.8 Å². The van der Waals surface area contributed by atoms with Gasteiger partial charge in [0.1, 0.15) is 0 Å². The molecule has 0 rings (SSSR count). The monoisotopic (exact) mass is 233 g/mol. The normalized spacial score (nSPS) is 11.2. The number of thioether (sulfide) groups is 1. The Morgan fingerprint density at radius 2 is 1.87 bits per heavy atom. The van der Waals surface area contributed by atoms with Crippen LogP contribution in [0.25, 0.3) is 0 Å². The standard InChI is InChI=1S/C12H27NOS/c1-12(2)11-14-9-6-8-13-7-4-5-10-15-3/h12-13H,4-11H2,1-3H3. The highest BCUT2D eigenvalue weighted by Crippen LogP contribution is 1.97. The highest BCUT2D eigenvalue weighted by molar-refractivity contribution is 7.98. The van der Waals surface area contributed by atoms with Crippen molar-refractivity contribution in [2.24, 2.45) is 5.92 Å². The van der Waals surface area contributed by atoms with Crippen molar-refractivity contribution in [2.75, 3.05) is 38.3 Å². The van der Waals surface area contributed by atoms with Crippen LogP contribution in [0.2, 0.25) is 0 Å². The number of hydrogen-bond donors (Lipinski definition) is 1. The van der Waals surface area contributed by atoms with Gasteiger partial charge in [0.15, 0.2) is 0 Å². The minimum absolute atomic E-state index is 0.657. The van der Waals surface area contributed by atoms with E-state index in [9.17, 15) is 0 Å². The van der Waals surface area contributed by atoms with Crippen LogP contribution in [-0.2, 0) is 4.74 Å². The van der Waals surface area contributed by atoms with Crippen LogP contribution in [-0.4, -0.2) is 38.3 Å². The van der Waals surface area contributed by atoms with E-state index in [1.165, 1.54) is 18.6 Å². The lowest BCUT2D eigenvalue weighted by atomic mass is 10.2. The van der Waals surface area contributed by atoms with Crippen LogP contribution in [0.4, 0.5) is 0 Å².